The predicted molar refractivity (Wildman–Crippen MR) is 98.6 cm³/mol. The quantitative estimate of drug-likeness (QED) is 0.738. The second-order valence-corrected chi connectivity index (χ2v) is 6.18. The fraction of sp³-hybridized carbons (Fsp3) is 0.158. The van der Waals surface area contributed by atoms with Crippen molar-refractivity contribution in [2.45, 2.75) is 6.54 Å². The van der Waals surface area contributed by atoms with Gasteiger partial charge < -0.3 is 15.2 Å². The van der Waals surface area contributed by atoms with Crippen LogP contribution in [0.4, 0.5) is 0 Å². The molecule has 2 N–H and O–H groups in total. The molecule has 0 aliphatic heterocycles. The summed E-state index contributed by atoms with van der Waals surface area (Å²) in [7, 11) is 1.61. The monoisotopic (exact) mass is 355 g/mol. The maximum atomic E-state index is 12.6. The maximum absolute atomic E-state index is 12.6. The first-order chi connectivity index (χ1) is 12.1. The second kappa shape index (κ2) is 7.40. The molecule has 0 aliphatic rings. The van der Waals surface area contributed by atoms with E-state index in [1.54, 1.807) is 19.3 Å². The zero-order valence-electron chi connectivity index (χ0n) is 13.8. The number of carbonyl (C=O) groups is 2. The fourth-order valence-corrected chi connectivity index (χ4v) is 2.84. The van der Waals surface area contributed by atoms with E-state index in [1.807, 2.05) is 42.5 Å². The summed E-state index contributed by atoms with van der Waals surface area (Å²) in [5.41, 5.74) is 2.28. The van der Waals surface area contributed by atoms with Crippen molar-refractivity contribution in [3.63, 3.8) is 0 Å². The number of hydrogen-bond donors (Lipinski definition) is 2. The molecule has 2 aromatic carbocycles. The lowest BCUT2D eigenvalue weighted by Crippen LogP contribution is -2.38. The molecule has 0 fully saturated rings. The molecule has 1 aromatic heterocycles. The molecule has 0 saturated heterocycles. The van der Waals surface area contributed by atoms with E-state index in [0.29, 0.717) is 17.1 Å². The number of fused-ring (bicyclic) bond motifs is 1. The van der Waals surface area contributed by atoms with E-state index < -0.39 is 0 Å². The van der Waals surface area contributed by atoms with Gasteiger partial charge in [-0.25, -0.2) is 0 Å². The third kappa shape index (κ3) is 3.83. The molecule has 0 aliphatic carbocycles. The molecule has 3 rings (SSSR count). The number of benzene rings is 2. The average Bonchev–Trinajstić information content (AvgIpc) is 3.04. The highest BCUT2D eigenvalue weighted by molar-refractivity contribution is 6.31. The molecule has 0 bridgehead atoms. The SMILES string of the molecule is CN(CC(=O)NCc1ccccc1Cl)C(=O)c1c[nH]c2ccccc12. The van der Waals surface area contributed by atoms with Crippen LogP contribution in [0.2, 0.25) is 5.02 Å². The van der Waals surface area contributed by atoms with E-state index in [4.69, 9.17) is 11.6 Å². The predicted octanol–water partition coefficient (Wildman–Crippen LogP) is 3.21. The van der Waals surface area contributed by atoms with Crippen molar-refractivity contribution in [1.29, 1.82) is 0 Å². The van der Waals surface area contributed by atoms with Gasteiger partial charge in [0.15, 0.2) is 0 Å². The molecule has 128 valence electrons. The molecule has 0 saturated carbocycles. The van der Waals surface area contributed by atoms with E-state index in [-0.39, 0.29) is 18.4 Å². The van der Waals surface area contributed by atoms with Crippen molar-refractivity contribution in [2.75, 3.05) is 13.6 Å². The number of aromatic nitrogens is 1. The minimum absolute atomic E-state index is 0.0250. The number of H-pyrrole nitrogens is 1. The summed E-state index contributed by atoms with van der Waals surface area (Å²) in [6.45, 7) is 0.302. The number of rotatable bonds is 5. The number of halogens is 1. The smallest absolute Gasteiger partial charge is 0.256 e. The number of likely N-dealkylation sites (N-methyl/N-ethyl adjacent to an activating group) is 1. The highest BCUT2D eigenvalue weighted by Gasteiger charge is 2.18. The maximum Gasteiger partial charge on any atom is 0.256 e. The number of carbonyl (C=O) groups excluding carboxylic acids is 2. The first-order valence-corrected chi connectivity index (χ1v) is 8.25. The van der Waals surface area contributed by atoms with Crippen LogP contribution in [0.3, 0.4) is 0 Å². The lowest BCUT2D eigenvalue weighted by molar-refractivity contribution is -0.121. The van der Waals surface area contributed by atoms with Crippen LogP contribution in [-0.4, -0.2) is 35.3 Å². The van der Waals surface area contributed by atoms with Crippen LogP contribution in [0.25, 0.3) is 10.9 Å². The van der Waals surface area contributed by atoms with Gasteiger partial charge >= 0.3 is 0 Å². The van der Waals surface area contributed by atoms with E-state index in [9.17, 15) is 9.59 Å². The molecule has 25 heavy (non-hydrogen) atoms. The Labute approximate surface area is 150 Å². The van der Waals surface area contributed by atoms with Crippen molar-refractivity contribution in [1.82, 2.24) is 15.2 Å². The molecule has 5 nitrogen and oxygen atoms in total. The topological polar surface area (TPSA) is 65.2 Å². The number of amides is 2. The zero-order valence-corrected chi connectivity index (χ0v) is 14.5. The molecular formula is C19H18ClN3O2. The number of nitrogens with zero attached hydrogens (tertiary/aromatic N) is 1. The first kappa shape index (κ1) is 17.0. The summed E-state index contributed by atoms with van der Waals surface area (Å²) in [6.07, 6.45) is 1.67. The third-order valence-corrected chi connectivity index (χ3v) is 4.35. The molecule has 0 unspecified atom stereocenters. The highest BCUT2D eigenvalue weighted by atomic mass is 35.5. The summed E-state index contributed by atoms with van der Waals surface area (Å²) < 4.78 is 0. The van der Waals surface area contributed by atoms with E-state index in [1.165, 1.54) is 4.90 Å². The van der Waals surface area contributed by atoms with Crippen LogP contribution in [0.1, 0.15) is 15.9 Å². The highest BCUT2D eigenvalue weighted by Crippen LogP contribution is 2.19. The normalized spacial score (nSPS) is 10.6. The minimum Gasteiger partial charge on any atom is -0.360 e. The van der Waals surface area contributed by atoms with Gasteiger partial charge in [-0.1, -0.05) is 48.0 Å². The van der Waals surface area contributed by atoms with Gasteiger partial charge in [-0.15, -0.1) is 0 Å². The lowest BCUT2D eigenvalue weighted by Gasteiger charge is -2.16. The molecule has 1 heterocycles. The Hall–Kier alpha value is -2.79. The van der Waals surface area contributed by atoms with Crippen molar-refractivity contribution in [3.8, 4) is 0 Å². The van der Waals surface area contributed by atoms with Crippen molar-refractivity contribution in [3.05, 3.63) is 70.9 Å². The first-order valence-electron chi connectivity index (χ1n) is 7.88. The summed E-state index contributed by atoms with van der Waals surface area (Å²) >= 11 is 6.07. The summed E-state index contributed by atoms with van der Waals surface area (Å²) in [6, 6.07) is 14.9. The zero-order chi connectivity index (χ0) is 17.8. The second-order valence-electron chi connectivity index (χ2n) is 5.78. The lowest BCUT2D eigenvalue weighted by atomic mass is 10.1. The van der Waals surface area contributed by atoms with Gasteiger partial charge in [-0.05, 0) is 17.7 Å². The van der Waals surface area contributed by atoms with Crippen LogP contribution in [-0.2, 0) is 11.3 Å². The number of aromatic amines is 1. The Morgan fingerprint density at radius 2 is 1.84 bits per heavy atom. The van der Waals surface area contributed by atoms with Gasteiger partial charge in [-0.3, -0.25) is 9.59 Å². The van der Waals surface area contributed by atoms with Crippen LogP contribution in [0.15, 0.2) is 54.7 Å². The van der Waals surface area contributed by atoms with Crippen LogP contribution in [0.5, 0.6) is 0 Å². The minimum atomic E-state index is -0.240. The van der Waals surface area contributed by atoms with Crippen molar-refractivity contribution in [2.24, 2.45) is 0 Å². The fourth-order valence-electron chi connectivity index (χ4n) is 2.63. The van der Waals surface area contributed by atoms with Crippen LogP contribution >= 0.6 is 11.6 Å². The molecule has 0 atom stereocenters. The van der Waals surface area contributed by atoms with Crippen LogP contribution in [0, 0.1) is 0 Å². The van der Waals surface area contributed by atoms with Crippen LogP contribution < -0.4 is 5.32 Å². The molecule has 3 aromatic rings. The Bertz CT molecular complexity index is 920. The molecule has 0 spiro atoms. The Morgan fingerprint density at radius 3 is 2.64 bits per heavy atom. The number of hydrogen-bond acceptors (Lipinski definition) is 2. The molecular weight excluding hydrogens is 338 g/mol. The average molecular weight is 356 g/mol. The third-order valence-electron chi connectivity index (χ3n) is 3.98. The Kier molecular flexibility index (Phi) is 5.05. The van der Waals surface area contributed by atoms with Gasteiger partial charge in [0.25, 0.3) is 5.91 Å². The Morgan fingerprint density at radius 1 is 1.12 bits per heavy atom. The number of para-hydroxylation sites is 1. The standard InChI is InChI=1S/C19H18ClN3O2/c1-23(12-18(24)22-10-13-6-2-4-8-16(13)20)19(25)15-11-21-17-9-5-3-7-14(15)17/h2-9,11,21H,10,12H2,1H3,(H,22,24). The Balaban J connectivity index is 1.61. The van der Waals surface area contributed by atoms with Gasteiger partial charge in [-0.2, -0.15) is 0 Å². The van der Waals surface area contributed by atoms with Gasteiger partial charge in [0.2, 0.25) is 5.91 Å². The summed E-state index contributed by atoms with van der Waals surface area (Å²) in [4.78, 5) is 29.2. The molecule has 6 heteroatoms. The number of nitrogens with one attached hydrogen (secondary N) is 2. The largest absolute Gasteiger partial charge is 0.360 e. The van der Waals surface area contributed by atoms with E-state index >= 15 is 0 Å². The van der Waals surface area contributed by atoms with Crippen molar-refractivity contribution >= 4 is 34.3 Å². The van der Waals surface area contributed by atoms with Crippen molar-refractivity contribution < 1.29 is 9.59 Å². The van der Waals surface area contributed by atoms with E-state index in [0.717, 1.165) is 16.5 Å². The summed E-state index contributed by atoms with van der Waals surface area (Å²) in [5.74, 6) is -0.444. The van der Waals surface area contributed by atoms with Gasteiger partial charge in [0, 0.05) is 35.7 Å². The van der Waals surface area contributed by atoms with Gasteiger partial charge in [0.05, 0.1) is 12.1 Å². The summed E-state index contributed by atoms with van der Waals surface area (Å²) in [5, 5.41) is 4.23. The van der Waals surface area contributed by atoms with E-state index in [2.05, 4.69) is 10.3 Å². The van der Waals surface area contributed by atoms with Gasteiger partial charge in [0.1, 0.15) is 0 Å². The molecule has 0 radical (unpaired) electrons. The molecule has 2 amide bonds.